The lowest BCUT2D eigenvalue weighted by atomic mass is 9.89. The molecule has 0 atom stereocenters. The summed E-state index contributed by atoms with van der Waals surface area (Å²) in [6.07, 6.45) is 7.54. The predicted molar refractivity (Wildman–Crippen MR) is 112 cm³/mol. The van der Waals surface area contributed by atoms with Crippen LogP contribution in [0, 0.1) is 13.8 Å². The summed E-state index contributed by atoms with van der Waals surface area (Å²) < 4.78 is 6.69. The van der Waals surface area contributed by atoms with E-state index in [-0.39, 0.29) is 24.4 Å². The van der Waals surface area contributed by atoms with E-state index in [2.05, 4.69) is 20.4 Å². The minimum absolute atomic E-state index is 0.129. The smallest absolute Gasteiger partial charge is 0.261 e. The molecule has 0 spiro atoms. The standard InChI is InChI=1S/C22H27N5O3/c1-15-8-7-9-17-19(15)23-14-27(20(17)29)13-10-18(28)25-22(11-5-3-4-6-12-22)21-24-16(2)30-26-21/h7-9,14H,3-6,10-13H2,1-2H3,(H,25,28). The second-order valence-corrected chi connectivity index (χ2v) is 8.15. The third kappa shape index (κ3) is 3.99. The van der Waals surface area contributed by atoms with E-state index < -0.39 is 5.54 Å². The molecule has 30 heavy (non-hydrogen) atoms. The number of fused-ring (bicyclic) bond motifs is 1. The van der Waals surface area contributed by atoms with Gasteiger partial charge in [0.25, 0.3) is 5.56 Å². The van der Waals surface area contributed by atoms with Crippen molar-refractivity contribution < 1.29 is 9.32 Å². The molecule has 1 amide bonds. The van der Waals surface area contributed by atoms with E-state index in [4.69, 9.17) is 4.52 Å². The average Bonchev–Trinajstić information content (AvgIpc) is 3.03. The van der Waals surface area contributed by atoms with Gasteiger partial charge < -0.3 is 9.84 Å². The number of nitrogens with one attached hydrogen (secondary N) is 1. The zero-order chi connectivity index (χ0) is 21.1. The molecule has 0 unspecified atom stereocenters. The summed E-state index contributed by atoms with van der Waals surface area (Å²) in [5.41, 5.74) is 0.928. The lowest BCUT2D eigenvalue weighted by Gasteiger charge is -2.30. The van der Waals surface area contributed by atoms with E-state index in [9.17, 15) is 9.59 Å². The zero-order valence-corrected chi connectivity index (χ0v) is 17.5. The fourth-order valence-electron chi connectivity index (χ4n) is 4.28. The maximum absolute atomic E-state index is 12.9. The highest BCUT2D eigenvalue weighted by Gasteiger charge is 2.38. The topological polar surface area (TPSA) is 103 Å². The van der Waals surface area contributed by atoms with Gasteiger partial charge in [-0.05, 0) is 31.4 Å². The molecule has 0 aliphatic heterocycles. The first-order chi connectivity index (χ1) is 14.5. The van der Waals surface area contributed by atoms with E-state index in [0.717, 1.165) is 44.1 Å². The molecule has 1 aromatic carbocycles. The number of nitrogens with zero attached hydrogens (tertiary/aromatic N) is 4. The van der Waals surface area contributed by atoms with Crippen LogP contribution < -0.4 is 10.9 Å². The molecule has 0 saturated heterocycles. The molecule has 0 radical (unpaired) electrons. The lowest BCUT2D eigenvalue weighted by Crippen LogP contribution is -2.46. The third-order valence-electron chi connectivity index (χ3n) is 5.93. The Hall–Kier alpha value is -3.03. The molecule has 8 nitrogen and oxygen atoms in total. The van der Waals surface area contributed by atoms with Crippen LogP contribution in [0.2, 0.25) is 0 Å². The number of rotatable bonds is 5. The van der Waals surface area contributed by atoms with Gasteiger partial charge in [0.1, 0.15) is 5.54 Å². The van der Waals surface area contributed by atoms with E-state index in [0.29, 0.717) is 22.6 Å². The molecule has 1 saturated carbocycles. The van der Waals surface area contributed by atoms with Crippen LogP contribution in [0.5, 0.6) is 0 Å². The van der Waals surface area contributed by atoms with Crippen molar-refractivity contribution in [3.8, 4) is 0 Å². The van der Waals surface area contributed by atoms with Crippen LogP contribution in [-0.4, -0.2) is 25.6 Å². The van der Waals surface area contributed by atoms with Gasteiger partial charge in [-0.1, -0.05) is 43.0 Å². The number of para-hydroxylation sites is 1. The van der Waals surface area contributed by atoms with Crippen LogP contribution in [0.3, 0.4) is 0 Å². The van der Waals surface area contributed by atoms with Crippen LogP contribution in [-0.2, 0) is 16.9 Å². The summed E-state index contributed by atoms with van der Waals surface area (Å²) in [5, 5.41) is 7.86. The van der Waals surface area contributed by atoms with Gasteiger partial charge in [0.2, 0.25) is 11.8 Å². The fourth-order valence-corrected chi connectivity index (χ4v) is 4.28. The molecule has 0 bridgehead atoms. The molecule has 158 valence electrons. The molecule has 2 heterocycles. The Labute approximate surface area is 174 Å². The highest BCUT2D eigenvalue weighted by molar-refractivity contribution is 5.80. The zero-order valence-electron chi connectivity index (χ0n) is 17.5. The van der Waals surface area contributed by atoms with Gasteiger partial charge in [-0.3, -0.25) is 14.2 Å². The maximum atomic E-state index is 12.9. The summed E-state index contributed by atoms with van der Waals surface area (Å²) in [5.74, 6) is 0.915. The number of aryl methyl sites for hydroxylation is 3. The van der Waals surface area contributed by atoms with Gasteiger partial charge in [0, 0.05) is 19.9 Å². The van der Waals surface area contributed by atoms with Crippen LogP contribution >= 0.6 is 0 Å². The van der Waals surface area contributed by atoms with Crippen molar-refractivity contribution in [3.63, 3.8) is 0 Å². The van der Waals surface area contributed by atoms with E-state index >= 15 is 0 Å². The monoisotopic (exact) mass is 409 g/mol. The second-order valence-electron chi connectivity index (χ2n) is 8.15. The molecule has 8 heteroatoms. The van der Waals surface area contributed by atoms with E-state index in [1.807, 2.05) is 19.1 Å². The minimum Gasteiger partial charge on any atom is -0.343 e. The molecular weight excluding hydrogens is 382 g/mol. The average molecular weight is 409 g/mol. The van der Waals surface area contributed by atoms with Crippen molar-refractivity contribution in [2.24, 2.45) is 0 Å². The number of hydrogen-bond acceptors (Lipinski definition) is 6. The van der Waals surface area contributed by atoms with Crippen molar-refractivity contribution in [2.45, 2.75) is 70.9 Å². The Kier molecular flexibility index (Phi) is 5.65. The van der Waals surface area contributed by atoms with Gasteiger partial charge in [0.05, 0.1) is 17.2 Å². The highest BCUT2D eigenvalue weighted by Crippen LogP contribution is 2.34. The largest absolute Gasteiger partial charge is 0.343 e. The second kappa shape index (κ2) is 8.38. The van der Waals surface area contributed by atoms with Crippen LogP contribution in [0.15, 0.2) is 33.8 Å². The number of carbonyl (C=O) groups is 1. The maximum Gasteiger partial charge on any atom is 0.261 e. The first-order valence-electron chi connectivity index (χ1n) is 10.6. The van der Waals surface area contributed by atoms with Crippen molar-refractivity contribution >= 4 is 16.8 Å². The van der Waals surface area contributed by atoms with Crippen LogP contribution in [0.4, 0.5) is 0 Å². The normalized spacial score (nSPS) is 16.3. The number of carbonyl (C=O) groups excluding carboxylic acids is 1. The number of aromatic nitrogens is 4. The molecule has 4 rings (SSSR count). The van der Waals surface area contributed by atoms with E-state index in [1.54, 1.807) is 13.0 Å². The summed E-state index contributed by atoms with van der Waals surface area (Å²) in [4.78, 5) is 34.5. The highest BCUT2D eigenvalue weighted by atomic mass is 16.5. The molecule has 3 aromatic rings. The van der Waals surface area contributed by atoms with Gasteiger partial charge in [-0.25, -0.2) is 4.98 Å². The van der Waals surface area contributed by atoms with Crippen molar-refractivity contribution in [2.75, 3.05) is 0 Å². The summed E-state index contributed by atoms with van der Waals surface area (Å²) in [6, 6.07) is 5.55. The minimum atomic E-state index is -0.602. The fraction of sp³-hybridized carbons (Fsp3) is 0.500. The van der Waals surface area contributed by atoms with Crippen molar-refractivity contribution in [1.82, 2.24) is 25.0 Å². The molecule has 1 aliphatic rings. The quantitative estimate of drug-likeness (QED) is 0.650. The molecular formula is C22H27N5O3. The molecule has 2 aromatic heterocycles. The number of benzene rings is 1. The van der Waals surface area contributed by atoms with Gasteiger partial charge >= 0.3 is 0 Å². The lowest BCUT2D eigenvalue weighted by molar-refractivity contribution is -0.123. The number of hydrogen-bond donors (Lipinski definition) is 1. The van der Waals surface area contributed by atoms with Gasteiger partial charge in [-0.2, -0.15) is 4.98 Å². The summed E-state index contributed by atoms with van der Waals surface area (Å²) >= 11 is 0. The predicted octanol–water partition coefficient (Wildman–Crippen LogP) is 3.15. The first-order valence-corrected chi connectivity index (χ1v) is 10.6. The van der Waals surface area contributed by atoms with Crippen LogP contribution in [0.1, 0.15) is 62.2 Å². The number of amides is 1. The SMILES string of the molecule is Cc1nc(C2(NC(=O)CCn3cnc4c(C)cccc4c3=O)CCCCCC2)no1. The van der Waals surface area contributed by atoms with Crippen molar-refractivity contribution in [1.29, 1.82) is 0 Å². The van der Waals surface area contributed by atoms with Crippen molar-refractivity contribution in [3.05, 3.63) is 52.2 Å². The Morgan fingerprint density at radius 1 is 1.20 bits per heavy atom. The Bertz CT molecular complexity index is 1110. The molecule has 1 N–H and O–H groups in total. The first kappa shape index (κ1) is 20.3. The third-order valence-corrected chi connectivity index (χ3v) is 5.93. The Balaban J connectivity index is 1.51. The Morgan fingerprint density at radius 2 is 1.97 bits per heavy atom. The molecule has 1 fully saturated rings. The van der Waals surface area contributed by atoms with E-state index in [1.165, 1.54) is 10.9 Å². The van der Waals surface area contributed by atoms with Gasteiger partial charge in [0.15, 0.2) is 5.82 Å². The Morgan fingerprint density at radius 3 is 2.67 bits per heavy atom. The summed E-state index contributed by atoms with van der Waals surface area (Å²) in [6.45, 7) is 3.95. The summed E-state index contributed by atoms with van der Waals surface area (Å²) in [7, 11) is 0. The van der Waals surface area contributed by atoms with Crippen LogP contribution in [0.25, 0.3) is 10.9 Å². The van der Waals surface area contributed by atoms with Gasteiger partial charge in [-0.15, -0.1) is 0 Å². The molecule has 1 aliphatic carbocycles.